The Bertz CT molecular complexity index is 541. The summed E-state index contributed by atoms with van der Waals surface area (Å²) in [5.41, 5.74) is 1.05. The minimum Gasteiger partial charge on any atom is -0.360 e. The normalized spacial score (nSPS) is 18.7. The van der Waals surface area contributed by atoms with Crippen LogP contribution in [0.15, 0.2) is 12.1 Å². The topological polar surface area (TPSA) is 32.3 Å². The molecule has 3 nitrogen and oxygen atoms in total. The van der Waals surface area contributed by atoms with Crippen LogP contribution in [0.25, 0.3) is 0 Å². The second-order valence-electron chi connectivity index (χ2n) is 5.97. The van der Waals surface area contributed by atoms with Gasteiger partial charge in [0.05, 0.1) is 12.2 Å². The molecule has 1 aliphatic heterocycles. The highest BCUT2D eigenvalue weighted by molar-refractivity contribution is 5.82. The summed E-state index contributed by atoms with van der Waals surface area (Å²) in [6.07, 6.45) is 5.85. The van der Waals surface area contributed by atoms with Crippen molar-refractivity contribution in [3.63, 3.8) is 0 Å². The van der Waals surface area contributed by atoms with Crippen molar-refractivity contribution < 1.29 is 13.6 Å². The summed E-state index contributed by atoms with van der Waals surface area (Å²) in [5.74, 6) is -1.19. The van der Waals surface area contributed by atoms with Gasteiger partial charge in [-0.15, -0.1) is 0 Å². The first-order valence-electron chi connectivity index (χ1n) is 7.66. The fourth-order valence-corrected chi connectivity index (χ4v) is 3.41. The zero-order valence-electron chi connectivity index (χ0n) is 12.0. The van der Waals surface area contributed by atoms with Gasteiger partial charge in [0, 0.05) is 18.7 Å². The number of hydrogen-bond acceptors (Lipinski definition) is 2. The van der Waals surface area contributed by atoms with Gasteiger partial charge in [-0.05, 0) is 37.3 Å². The van der Waals surface area contributed by atoms with E-state index in [4.69, 9.17) is 0 Å². The lowest BCUT2D eigenvalue weighted by Crippen LogP contribution is -2.43. The first kappa shape index (κ1) is 14.3. The van der Waals surface area contributed by atoms with E-state index >= 15 is 0 Å². The maximum atomic E-state index is 14.0. The van der Waals surface area contributed by atoms with Gasteiger partial charge in [-0.1, -0.05) is 12.8 Å². The minimum absolute atomic E-state index is 0.0709. The number of nitrogens with one attached hydrogen (secondary N) is 1. The van der Waals surface area contributed by atoms with Gasteiger partial charge >= 0.3 is 0 Å². The maximum absolute atomic E-state index is 14.0. The highest BCUT2D eigenvalue weighted by atomic mass is 19.1. The number of carbonyl (C=O) groups is 1. The van der Waals surface area contributed by atoms with E-state index < -0.39 is 11.6 Å². The van der Waals surface area contributed by atoms with Gasteiger partial charge in [0.25, 0.3) is 0 Å². The lowest BCUT2D eigenvalue weighted by molar-refractivity contribution is -0.120. The number of aryl methyl sites for hydroxylation is 1. The van der Waals surface area contributed by atoms with Gasteiger partial charge in [0.15, 0.2) is 0 Å². The number of rotatable bonds is 3. The van der Waals surface area contributed by atoms with Crippen LogP contribution in [0, 0.1) is 11.6 Å². The van der Waals surface area contributed by atoms with Gasteiger partial charge in [-0.2, -0.15) is 0 Å². The fraction of sp³-hybridized carbons (Fsp3) is 0.562. The number of hydrogen-bond donors (Lipinski definition) is 1. The third-order valence-electron chi connectivity index (χ3n) is 4.35. The molecule has 0 aromatic heterocycles. The molecule has 0 radical (unpaired) electrons. The molecule has 0 unspecified atom stereocenters. The molecule has 0 saturated heterocycles. The smallest absolute Gasteiger partial charge is 0.239 e. The molecule has 0 bridgehead atoms. The highest BCUT2D eigenvalue weighted by Crippen LogP contribution is 2.30. The largest absolute Gasteiger partial charge is 0.360 e. The maximum Gasteiger partial charge on any atom is 0.239 e. The summed E-state index contributed by atoms with van der Waals surface area (Å²) in [7, 11) is 0. The molecule has 1 N–H and O–H groups in total. The SMILES string of the molecule is O=C(CN1CCCc2cc(F)cc(F)c21)NC1CCCC1. The summed E-state index contributed by atoms with van der Waals surface area (Å²) in [6, 6.07) is 2.53. The van der Waals surface area contributed by atoms with E-state index in [1.807, 2.05) is 0 Å². The van der Waals surface area contributed by atoms with E-state index in [2.05, 4.69) is 5.32 Å². The lowest BCUT2D eigenvalue weighted by atomic mass is 10.0. The van der Waals surface area contributed by atoms with Crippen LogP contribution in [0.5, 0.6) is 0 Å². The van der Waals surface area contributed by atoms with Gasteiger partial charge in [0.2, 0.25) is 5.91 Å². The Morgan fingerprint density at radius 3 is 2.76 bits per heavy atom. The summed E-state index contributed by atoms with van der Waals surface area (Å²) in [5, 5.41) is 3.01. The van der Waals surface area contributed by atoms with Crippen LogP contribution in [-0.2, 0) is 11.2 Å². The summed E-state index contributed by atoms with van der Waals surface area (Å²) in [6.45, 7) is 0.777. The summed E-state index contributed by atoms with van der Waals surface area (Å²) >= 11 is 0. The van der Waals surface area contributed by atoms with Crippen LogP contribution in [0.1, 0.15) is 37.7 Å². The van der Waals surface area contributed by atoms with Crippen LogP contribution in [-0.4, -0.2) is 25.0 Å². The number of fused-ring (bicyclic) bond motifs is 1. The van der Waals surface area contributed by atoms with E-state index in [-0.39, 0.29) is 18.5 Å². The Morgan fingerprint density at radius 1 is 1.24 bits per heavy atom. The fourth-order valence-electron chi connectivity index (χ4n) is 3.41. The van der Waals surface area contributed by atoms with E-state index in [0.717, 1.165) is 38.2 Å². The molecule has 21 heavy (non-hydrogen) atoms. The van der Waals surface area contributed by atoms with Crippen molar-refractivity contribution in [2.24, 2.45) is 0 Å². The number of amides is 1. The molecule has 1 aromatic rings. The Morgan fingerprint density at radius 2 is 2.00 bits per heavy atom. The molecule has 3 rings (SSSR count). The molecule has 1 aromatic carbocycles. The molecule has 1 fully saturated rings. The van der Waals surface area contributed by atoms with Crippen LogP contribution in [0.2, 0.25) is 0 Å². The Labute approximate surface area is 123 Å². The second-order valence-corrected chi connectivity index (χ2v) is 5.97. The van der Waals surface area contributed by atoms with E-state index in [0.29, 0.717) is 24.2 Å². The van der Waals surface area contributed by atoms with Crippen molar-refractivity contribution in [3.8, 4) is 0 Å². The van der Waals surface area contributed by atoms with Crippen molar-refractivity contribution in [1.29, 1.82) is 0 Å². The number of halogens is 2. The van der Waals surface area contributed by atoms with Gasteiger partial charge in [0.1, 0.15) is 11.6 Å². The number of carbonyl (C=O) groups excluding carboxylic acids is 1. The van der Waals surface area contributed by atoms with Crippen LogP contribution in [0.3, 0.4) is 0 Å². The van der Waals surface area contributed by atoms with Crippen molar-refractivity contribution in [3.05, 3.63) is 29.3 Å². The predicted molar refractivity (Wildman–Crippen MR) is 77.3 cm³/mol. The van der Waals surface area contributed by atoms with E-state index in [1.54, 1.807) is 4.90 Å². The molecule has 5 heteroatoms. The molecule has 1 aliphatic carbocycles. The first-order valence-corrected chi connectivity index (χ1v) is 7.66. The van der Waals surface area contributed by atoms with E-state index in [9.17, 15) is 13.6 Å². The lowest BCUT2D eigenvalue weighted by Gasteiger charge is -2.31. The number of nitrogens with zero attached hydrogens (tertiary/aromatic N) is 1. The second kappa shape index (κ2) is 6.00. The standard InChI is InChI=1S/C16H20F2N2O/c17-12-8-11-4-3-7-20(16(11)14(18)9-12)10-15(21)19-13-5-1-2-6-13/h8-9,13H,1-7,10H2,(H,19,21). The third-order valence-corrected chi connectivity index (χ3v) is 4.35. The predicted octanol–water partition coefficient (Wildman–Crippen LogP) is 2.78. The Hall–Kier alpha value is -1.65. The molecule has 1 heterocycles. The van der Waals surface area contributed by atoms with E-state index in [1.165, 1.54) is 6.07 Å². The number of anilines is 1. The van der Waals surface area contributed by atoms with Crippen molar-refractivity contribution >= 4 is 11.6 Å². The first-order chi connectivity index (χ1) is 10.1. The highest BCUT2D eigenvalue weighted by Gasteiger charge is 2.25. The minimum atomic E-state index is -0.571. The van der Waals surface area contributed by atoms with Crippen LogP contribution < -0.4 is 10.2 Å². The molecule has 2 aliphatic rings. The Kier molecular flexibility index (Phi) is 4.08. The van der Waals surface area contributed by atoms with Gasteiger partial charge in [-0.3, -0.25) is 4.79 Å². The molecule has 0 spiro atoms. The van der Waals surface area contributed by atoms with Crippen molar-refractivity contribution in [2.75, 3.05) is 18.0 Å². The Balaban J connectivity index is 1.71. The zero-order chi connectivity index (χ0) is 14.8. The van der Waals surface area contributed by atoms with Gasteiger partial charge < -0.3 is 10.2 Å². The van der Waals surface area contributed by atoms with Gasteiger partial charge in [-0.25, -0.2) is 8.78 Å². The monoisotopic (exact) mass is 294 g/mol. The third kappa shape index (κ3) is 3.17. The molecule has 114 valence electrons. The van der Waals surface area contributed by atoms with Crippen molar-refractivity contribution in [1.82, 2.24) is 5.32 Å². The average molecular weight is 294 g/mol. The van der Waals surface area contributed by atoms with Crippen molar-refractivity contribution in [2.45, 2.75) is 44.6 Å². The zero-order valence-corrected chi connectivity index (χ0v) is 12.0. The van der Waals surface area contributed by atoms with Crippen LogP contribution >= 0.6 is 0 Å². The molecule has 1 saturated carbocycles. The van der Waals surface area contributed by atoms with Crippen LogP contribution in [0.4, 0.5) is 14.5 Å². The molecule has 1 amide bonds. The summed E-state index contributed by atoms with van der Waals surface area (Å²) < 4.78 is 27.3. The molecular weight excluding hydrogens is 274 g/mol. The number of benzene rings is 1. The summed E-state index contributed by atoms with van der Waals surface area (Å²) in [4.78, 5) is 13.8. The average Bonchev–Trinajstić information content (AvgIpc) is 2.90. The molecule has 0 atom stereocenters. The molecular formula is C16H20F2N2O. The quantitative estimate of drug-likeness (QED) is 0.929.